The largest absolute Gasteiger partial charge is 0.481 e. The zero-order valence-electron chi connectivity index (χ0n) is 12.6. The van der Waals surface area contributed by atoms with E-state index in [0.29, 0.717) is 13.0 Å². The van der Waals surface area contributed by atoms with Crippen molar-refractivity contribution in [3.63, 3.8) is 0 Å². The lowest BCUT2D eigenvalue weighted by Crippen LogP contribution is -2.32. The van der Waals surface area contributed by atoms with E-state index >= 15 is 0 Å². The smallest absolute Gasteiger partial charge is 0.407 e. The predicted molar refractivity (Wildman–Crippen MR) is 78.0 cm³/mol. The molecular weight excluding hydrogens is 270 g/mol. The molecular formula is C16H21NO4. The molecule has 1 aromatic carbocycles. The highest BCUT2D eigenvalue weighted by molar-refractivity contribution is 5.75. The summed E-state index contributed by atoms with van der Waals surface area (Å²) in [5.41, 5.74) is 1.44. The van der Waals surface area contributed by atoms with Gasteiger partial charge in [0.05, 0.1) is 5.92 Å². The number of hydrogen-bond donors (Lipinski definition) is 2. The summed E-state index contributed by atoms with van der Waals surface area (Å²) in [5, 5.41) is 11.7. The minimum atomic E-state index is -0.739. The molecule has 1 aromatic rings. The first-order valence-electron chi connectivity index (χ1n) is 7.05. The molecule has 0 aliphatic heterocycles. The lowest BCUT2D eigenvalue weighted by Gasteiger charge is -2.19. The number of amides is 1. The van der Waals surface area contributed by atoms with Gasteiger partial charge in [-0.1, -0.05) is 24.3 Å². The SMILES string of the molecule is CC(C)(C)OC(=O)NCc1cccc([C@@H]2C[C@H]2C(=O)O)c1. The Bertz CT molecular complexity index is 547. The number of ether oxygens (including phenoxy) is 1. The first-order valence-corrected chi connectivity index (χ1v) is 7.05. The van der Waals surface area contributed by atoms with E-state index in [2.05, 4.69) is 5.32 Å². The molecule has 0 unspecified atom stereocenters. The van der Waals surface area contributed by atoms with Gasteiger partial charge in [-0.25, -0.2) is 4.79 Å². The van der Waals surface area contributed by atoms with Gasteiger partial charge in [-0.3, -0.25) is 4.79 Å². The summed E-state index contributed by atoms with van der Waals surface area (Å²) in [7, 11) is 0. The van der Waals surface area contributed by atoms with Crippen LogP contribution in [0.1, 0.15) is 44.2 Å². The van der Waals surface area contributed by atoms with Crippen molar-refractivity contribution in [2.24, 2.45) is 5.92 Å². The summed E-state index contributed by atoms with van der Waals surface area (Å²) in [5.74, 6) is -0.902. The van der Waals surface area contributed by atoms with Crippen LogP contribution in [0.4, 0.5) is 4.79 Å². The fourth-order valence-corrected chi connectivity index (χ4v) is 2.26. The number of alkyl carbamates (subject to hydrolysis) is 1. The lowest BCUT2D eigenvalue weighted by atomic mass is 10.1. The summed E-state index contributed by atoms with van der Waals surface area (Å²) in [6.07, 6.45) is 0.237. The first kappa shape index (κ1) is 15.4. The normalized spacial score (nSPS) is 20.7. The summed E-state index contributed by atoms with van der Waals surface area (Å²) in [6.45, 7) is 5.80. The van der Waals surface area contributed by atoms with Crippen LogP contribution in [-0.2, 0) is 16.1 Å². The molecule has 2 atom stereocenters. The third kappa shape index (κ3) is 4.48. The number of carbonyl (C=O) groups is 2. The van der Waals surface area contributed by atoms with Crippen molar-refractivity contribution in [1.29, 1.82) is 0 Å². The standard InChI is InChI=1S/C16H21NO4/c1-16(2,3)21-15(20)17-9-10-5-4-6-11(7-10)12-8-13(12)14(18)19/h4-7,12-13H,8-9H2,1-3H3,(H,17,20)(H,18,19)/t12-,13+/m0/s1. The number of rotatable bonds is 4. The summed E-state index contributed by atoms with van der Waals surface area (Å²) >= 11 is 0. The summed E-state index contributed by atoms with van der Waals surface area (Å²) < 4.78 is 5.17. The van der Waals surface area contributed by atoms with E-state index in [9.17, 15) is 9.59 Å². The molecule has 5 nitrogen and oxygen atoms in total. The van der Waals surface area contributed by atoms with Crippen LogP contribution in [0.2, 0.25) is 0 Å². The van der Waals surface area contributed by atoms with Crippen molar-refractivity contribution in [1.82, 2.24) is 5.32 Å². The fraction of sp³-hybridized carbons (Fsp3) is 0.500. The average molecular weight is 291 g/mol. The monoisotopic (exact) mass is 291 g/mol. The molecule has 1 saturated carbocycles. The van der Waals surface area contributed by atoms with Crippen LogP contribution in [0.5, 0.6) is 0 Å². The second-order valence-corrected chi connectivity index (χ2v) is 6.39. The number of benzene rings is 1. The fourth-order valence-electron chi connectivity index (χ4n) is 2.26. The second kappa shape index (κ2) is 5.76. The molecule has 114 valence electrons. The maximum absolute atomic E-state index is 11.6. The molecule has 1 aliphatic rings. The van der Waals surface area contributed by atoms with Crippen LogP contribution in [-0.4, -0.2) is 22.8 Å². The number of carboxylic acids is 1. The van der Waals surface area contributed by atoms with Crippen molar-refractivity contribution in [3.8, 4) is 0 Å². The van der Waals surface area contributed by atoms with E-state index in [1.54, 1.807) is 0 Å². The Balaban J connectivity index is 1.90. The molecule has 0 saturated heterocycles. The van der Waals surface area contributed by atoms with Gasteiger partial charge < -0.3 is 15.2 Å². The van der Waals surface area contributed by atoms with Crippen LogP contribution >= 0.6 is 0 Å². The Morgan fingerprint density at radius 2 is 2.10 bits per heavy atom. The van der Waals surface area contributed by atoms with Gasteiger partial charge in [0.1, 0.15) is 5.60 Å². The molecule has 0 bridgehead atoms. The van der Waals surface area contributed by atoms with Crippen molar-refractivity contribution >= 4 is 12.1 Å². The van der Waals surface area contributed by atoms with Gasteiger partial charge in [0.25, 0.3) is 0 Å². The van der Waals surface area contributed by atoms with Gasteiger partial charge in [-0.05, 0) is 44.2 Å². The van der Waals surface area contributed by atoms with Gasteiger partial charge in [0, 0.05) is 6.54 Å². The van der Waals surface area contributed by atoms with Crippen molar-refractivity contribution in [2.75, 3.05) is 0 Å². The summed E-state index contributed by atoms with van der Waals surface area (Å²) in [6, 6.07) is 7.67. The van der Waals surface area contributed by atoms with E-state index in [1.165, 1.54) is 0 Å². The van der Waals surface area contributed by atoms with Gasteiger partial charge in [0.2, 0.25) is 0 Å². The molecule has 21 heavy (non-hydrogen) atoms. The topological polar surface area (TPSA) is 75.6 Å². The van der Waals surface area contributed by atoms with Gasteiger partial charge in [-0.2, -0.15) is 0 Å². The number of carbonyl (C=O) groups excluding carboxylic acids is 1. The lowest BCUT2D eigenvalue weighted by molar-refractivity contribution is -0.138. The Morgan fingerprint density at radius 3 is 2.67 bits per heavy atom. The molecule has 5 heteroatoms. The highest BCUT2D eigenvalue weighted by Gasteiger charge is 2.44. The first-order chi connectivity index (χ1) is 9.76. The van der Waals surface area contributed by atoms with E-state index in [1.807, 2.05) is 45.0 Å². The molecule has 1 amide bonds. The van der Waals surface area contributed by atoms with Crippen molar-refractivity contribution in [3.05, 3.63) is 35.4 Å². The Labute approximate surface area is 124 Å². The van der Waals surface area contributed by atoms with Crippen LogP contribution in [0.3, 0.4) is 0 Å². The molecule has 2 rings (SSSR count). The van der Waals surface area contributed by atoms with Gasteiger partial charge in [0.15, 0.2) is 0 Å². The summed E-state index contributed by atoms with van der Waals surface area (Å²) in [4.78, 5) is 22.5. The van der Waals surface area contributed by atoms with Crippen molar-refractivity contribution in [2.45, 2.75) is 45.3 Å². The maximum Gasteiger partial charge on any atom is 0.407 e. The van der Waals surface area contributed by atoms with Crippen LogP contribution < -0.4 is 5.32 Å². The molecule has 2 N–H and O–H groups in total. The van der Waals surface area contributed by atoms with Crippen LogP contribution in [0, 0.1) is 5.92 Å². The van der Waals surface area contributed by atoms with E-state index in [4.69, 9.17) is 9.84 Å². The quantitative estimate of drug-likeness (QED) is 0.894. The molecule has 1 aliphatic carbocycles. The molecule has 0 aromatic heterocycles. The molecule has 0 spiro atoms. The third-order valence-electron chi connectivity index (χ3n) is 3.32. The van der Waals surface area contributed by atoms with Crippen molar-refractivity contribution < 1.29 is 19.4 Å². The Morgan fingerprint density at radius 1 is 1.38 bits per heavy atom. The van der Waals surface area contributed by atoms with Gasteiger partial charge >= 0.3 is 12.1 Å². The molecule has 0 radical (unpaired) electrons. The number of hydrogen-bond acceptors (Lipinski definition) is 3. The minimum Gasteiger partial charge on any atom is -0.481 e. The van der Waals surface area contributed by atoms with Crippen LogP contribution in [0.15, 0.2) is 24.3 Å². The highest BCUT2D eigenvalue weighted by Crippen LogP contribution is 2.47. The number of aliphatic carboxylic acids is 1. The van der Waals surface area contributed by atoms with E-state index < -0.39 is 17.7 Å². The van der Waals surface area contributed by atoms with E-state index in [0.717, 1.165) is 11.1 Å². The highest BCUT2D eigenvalue weighted by atomic mass is 16.6. The third-order valence-corrected chi connectivity index (χ3v) is 3.32. The van der Waals surface area contributed by atoms with Gasteiger partial charge in [-0.15, -0.1) is 0 Å². The number of nitrogens with one attached hydrogen (secondary N) is 1. The second-order valence-electron chi connectivity index (χ2n) is 6.39. The molecule has 1 fully saturated rings. The van der Waals surface area contributed by atoms with E-state index in [-0.39, 0.29) is 11.8 Å². The maximum atomic E-state index is 11.6. The zero-order chi connectivity index (χ0) is 15.6. The van der Waals surface area contributed by atoms with Crippen LogP contribution in [0.25, 0.3) is 0 Å². The minimum absolute atomic E-state index is 0.101. The Hall–Kier alpha value is -2.04. The average Bonchev–Trinajstić information content (AvgIpc) is 3.15. The predicted octanol–water partition coefficient (Wildman–Crippen LogP) is 2.90. The zero-order valence-corrected chi connectivity index (χ0v) is 12.6. The number of carboxylic acid groups (broad SMARTS) is 1. The Kier molecular flexibility index (Phi) is 4.21. The molecule has 0 heterocycles.